The van der Waals surface area contributed by atoms with Crippen LogP contribution in [0.3, 0.4) is 0 Å². The number of hydrogen-bond donors (Lipinski definition) is 2. The molecule has 1 atom stereocenters. The van der Waals surface area contributed by atoms with Crippen molar-refractivity contribution in [3.05, 3.63) is 71.3 Å². The summed E-state index contributed by atoms with van der Waals surface area (Å²) < 4.78 is 4.78. The lowest BCUT2D eigenvalue weighted by molar-refractivity contribution is -0.122. The predicted molar refractivity (Wildman–Crippen MR) is 126 cm³/mol. The monoisotopic (exact) mass is 435 g/mol. The normalized spacial score (nSPS) is 15.3. The van der Waals surface area contributed by atoms with E-state index >= 15 is 0 Å². The number of methoxy groups -OCH3 is 1. The Morgan fingerprint density at radius 3 is 2.50 bits per heavy atom. The summed E-state index contributed by atoms with van der Waals surface area (Å²) in [4.78, 5) is 23.8. The van der Waals surface area contributed by atoms with Gasteiger partial charge in [-0.25, -0.2) is 4.79 Å². The first-order valence-corrected chi connectivity index (χ1v) is 11.3. The summed E-state index contributed by atoms with van der Waals surface area (Å²) >= 11 is 0. The number of carbonyl (C=O) groups is 2. The van der Waals surface area contributed by atoms with Crippen LogP contribution in [-0.4, -0.2) is 30.6 Å². The van der Waals surface area contributed by atoms with Crippen LogP contribution in [0, 0.1) is 11.3 Å². The molecule has 5 nitrogen and oxygen atoms in total. The molecule has 0 aliphatic heterocycles. The summed E-state index contributed by atoms with van der Waals surface area (Å²) in [7, 11) is 1.38. The Hall–Kier alpha value is -3.08. The zero-order chi connectivity index (χ0) is 23.0. The maximum atomic E-state index is 12.1. The number of phenolic OH excluding ortho intramolecular Hbond substituents is 1. The summed E-state index contributed by atoms with van der Waals surface area (Å²) in [6.07, 6.45) is 9.73. The van der Waals surface area contributed by atoms with Crippen molar-refractivity contribution in [3.63, 3.8) is 0 Å². The van der Waals surface area contributed by atoms with Crippen LogP contribution in [0.15, 0.2) is 54.6 Å². The third kappa shape index (κ3) is 6.71. The number of allylic oxidation sites excluding steroid dienone is 1. The van der Waals surface area contributed by atoms with Gasteiger partial charge in [0, 0.05) is 18.5 Å². The van der Waals surface area contributed by atoms with Crippen LogP contribution in [-0.2, 0) is 16.0 Å². The molecule has 1 saturated carbocycles. The highest BCUT2D eigenvalue weighted by Gasteiger charge is 2.43. The lowest BCUT2D eigenvalue weighted by Gasteiger charge is -2.19. The third-order valence-corrected chi connectivity index (χ3v) is 6.27. The summed E-state index contributed by atoms with van der Waals surface area (Å²) in [5.74, 6) is 0.323. The van der Waals surface area contributed by atoms with Gasteiger partial charge >= 0.3 is 5.97 Å². The highest BCUT2D eigenvalue weighted by atomic mass is 16.5. The molecule has 0 heterocycles. The number of esters is 1. The SMILES string of the molecule is CCNC(=O)CC1(CCC(/C=C/c2ccccc2O)Cc2ccc(C(=O)OC)cc2)CC1. The molecule has 1 aliphatic rings. The van der Waals surface area contributed by atoms with Crippen molar-refractivity contribution >= 4 is 18.0 Å². The van der Waals surface area contributed by atoms with Gasteiger partial charge in [0.1, 0.15) is 5.75 Å². The summed E-state index contributed by atoms with van der Waals surface area (Å²) in [5.41, 5.74) is 2.60. The van der Waals surface area contributed by atoms with Crippen molar-refractivity contribution in [2.45, 2.75) is 45.4 Å². The molecule has 1 aliphatic carbocycles. The third-order valence-electron chi connectivity index (χ3n) is 6.27. The fourth-order valence-electron chi connectivity index (χ4n) is 4.12. The van der Waals surface area contributed by atoms with Gasteiger partial charge in [-0.1, -0.05) is 42.5 Å². The lowest BCUT2D eigenvalue weighted by atomic mass is 9.87. The fraction of sp³-hybridized carbons (Fsp3) is 0.407. The van der Waals surface area contributed by atoms with E-state index in [1.54, 1.807) is 18.2 Å². The van der Waals surface area contributed by atoms with Gasteiger partial charge in [-0.3, -0.25) is 4.79 Å². The van der Waals surface area contributed by atoms with Crippen LogP contribution in [0.4, 0.5) is 0 Å². The average molecular weight is 436 g/mol. The maximum absolute atomic E-state index is 12.1. The Morgan fingerprint density at radius 1 is 1.16 bits per heavy atom. The molecule has 0 radical (unpaired) electrons. The van der Waals surface area contributed by atoms with Gasteiger partial charge in [-0.05, 0) is 74.1 Å². The van der Waals surface area contributed by atoms with E-state index in [0.29, 0.717) is 18.5 Å². The molecule has 0 spiro atoms. The second kappa shape index (κ2) is 11.0. The van der Waals surface area contributed by atoms with Crippen molar-refractivity contribution in [1.29, 1.82) is 0 Å². The minimum Gasteiger partial charge on any atom is -0.507 e. The zero-order valence-electron chi connectivity index (χ0n) is 19.0. The molecular formula is C27H33NO4. The predicted octanol–water partition coefficient (Wildman–Crippen LogP) is 5.14. The first kappa shape index (κ1) is 23.6. The first-order valence-electron chi connectivity index (χ1n) is 11.3. The summed E-state index contributed by atoms with van der Waals surface area (Å²) in [6, 6.07) is 14.8. The fourth-order valence-corrected chi connectivity index (χ4v) is 4.12. The van der Waals surface area contributed by atoms with Crippen LogP contribution in [0.1, 0.15) is 60.5 Å². The Bertz CT molecular complexity index is 944. The molecule has 1 fully saturated rings. The molecule has 0 bridgehead atoms. The molecule has 0 saturated heterocycles. The van der Waals surface area contributed by atoms with Crippen molar-refractivity contribution in [2.24, 2.45) is 11.3 Å². The maximum Gasteiger partial charge on any atom is 0.337 e. The molecule has 3 rings (SSSR count). The Kier molecular flexibility index (Phi) is 8.09. The van der Waals surface area contributed by atoms with E-state index < -0.39 is 0 Å². The minimum absolute atomic E-state index is 0.134. The van der Waals surface area contributed by atoms with Gasteiger partial charge < -0.3 is 15.2 Å². The number of para-hydroxylation sites is 1. The Balaban J connectivity index is 1.70. The molecule has 1 unspecified atom stereocenters. The van der Waals surface area contributed by atoms with Crippen LogP contribution in [0.25, 0.3) is 6.08 Å². The van der Waals surface area contributed by atoms with Gasteiger partial charge in [0.15, 0.2) is 0 Å². The van der Waals surface area contributed by atoms with Crippen molar-refractivity contribution in [3.8, 4) is 5.75 Å². The molecule has 170 valence electrons. The first-order chi connectivity index (χ1) is 15.4. The standard InChI is InChI=1S/C27H33NO4/c1-3-28-25(30)19-27(16-17-27)15-14-21(8-11-22-6-4-5-7-24(22)29)18-20-9-12-23(13-10-20)26(31)32-2/h4-13,21,29H,3,14-19H2,1-2H3,(H,28,30)/b11-8+. The molecule has 2 N–H and O–H groups in total. The molecule has 1 amide bonds. The molecular weight excluding hydrogens is 402 g/mol. The van der Waals surface area contributed by atoms with Crippen LogP contribution in [0.2, 0.25) is 0 Å². The van der Waals surface area contributed by atoms with E-state index in [2.05, 4.69) is 11.4 Å². The lowest BCUT2D eigenvalue weighted by Crippen LogP contribution is -2.26. The Morgan fingerprint density at radius 2 is 1.88 bits per heavy atom. The summed E-state index contributed by atoms with van der Waals surface area (Å²) in [5, 5.41) is 13.0. The molecule has 2 aromatic rings. The van der Waals surface area contributed by atoms with Gasteiger partial charge in [0.2, 0.25) is 5.91 Å². The number of nitrogens with one attached hydrogen (secondary N) is 1. The van der Waals surface area contributed by atoms with Gasteiger partial charge in [-0.15, -0.1) is 0 Å². The second-order valence-electron chi connectivity index (χ2n) is 8.74. The van der Waals surface area contributed by atoms with Crippen molar-refractivity contribution in [1.82, 2.24) is 5.32 Å². The molecule has 2 aromatic carbocycles. The van der Waals surface area contributed by atoms with Gasteiger partial charge in [0.25, 0.3) is 0 Å². The number of hydrogen-bond acceptors (Lipinski definition) is 4. The number of carbonyl (C=O) groups excluding carboxylic acids is 2. The van der Waals surface area contributed by atoms with E-state index in [-0.39, 0.29) is 29.0 Å². The van der Waals surface area contributed by atoms with Gasteiger partial charge in [-0.2, -0.15) is 0 Å². The highest BCUT2D eigenvalue weighted by molar-refractivity contribution is 5.89. The quantitative estimate of drug-likeness (QED) is 0.479. The number of aromatic hydroxyl groups is 1. The Labute approximate surface area is 190 Å². The average Bonchev–Trinajstić information content (AvgIpc) is 3.56. The largest absolute Gasteiger partial charge is 0.507 e. The van der Waals surface area contributed by atoms with E-state index in [9.17, 15) is 14.7 Å². The van der Waals surface area contributed by atoms with E-state index in [4.69, 9.17) is 4.74 Å². The highest BCUT2D eigenvalue weighted by Crippen LogP contribution is 2.53. The number of phenols is 1. The number of benzene rings is 2. The van der Waals surface area contributed by atoms with E-state index in [0.717, 1.165) is 43.2 Å². The molecule has 32 heavy (non-hydrogen) atoms. The van der Waals surface area contributed by atoms with Gasteiger partial charge in [0.05, 0.1) is 12.7 Å². The van der Waals surface area contributed by atoms with Crippen LogP contribution in [0.5, 0.6) is 5.75 Å². The van der Waals surface area contributed by atoms with Crippen LogP contribution >= 0.6 is 0 Å². The van der Waals surface area contributed by atoms with Crippen LogP contribution < -0.4 is 5.32 Å². The zero-order valence-corrected chi connectivity index (χ0v) is 19.0. The van der Waals surface area contributed by atoms with E-state index in [1.807, 2.05) is 43.3 Å². The number of rotatable bonds is 11. The van der Waals surface area contributed by atoms with E-state index in [1.165, 1.54) is 7.11 Å². The smallest absolute Gasteiger partial charge is 0.337 e. The summed E-state index contributed by atoms with van der Waals surface area (Å²) in [6.45, 7) is 2.62. The van der Waals surface area contributed by atoms with Crippen molar-refractivity contribution < 1.29 is 19.4 Å². The molecule has 5 heteroatoms. The topological polar surface area (TPSA) is 75.6 Å². The van der Waals surface area contributed by atoms with Crippen molar-refractivity contribution in [2.75, 3.05) is 13.7 Å². The number of ether oxygens (including phenoxy) is 1. The second-order valence-corrected chi connectivity index (χ2v) is 8.74. The minimum atomic E-state index is -0.339. The molecule has 0 aromatic heterocycles. The number of amides is 1.